The monoisotopic (exact) mass is 296 g/mol. The van der Waals surface area contributed by atoms with Crippen molar-refractivity contribution in [1.82, 2.24) is 9.97 Å². The highest BCUT2D eigenvalue weighted by atomic mass is 32.2. The van der Waals surface area contributed by atoms with Crippen molar-refractivity contribution < 1.29 is 0 Å². The number of aromatic nitrogens is 2. The van der Waals surface area contributed by atoms with E-state index < -0.39 is 0 Å². The summed E-state index contributed by atoms with van der Waals surface area (Å²) in [6, 6.07) is 2.17. The molecule has 2 aromatic rings. The van der Waals surface area contributed by atoms with E-state index in [1.807, 2.05) is 11.8 Å². The lowest BCUT2D eigenvalue weighted by Crippen LogP contribution is -2.06. The minimum atomic E-state index is 0.351. The average Bonchev–Trinajstić information content (AvgIpc) is 2.81. The summed E-state index contributed by atoms with van der Waals surface area (Å²) in [5.41, 5.74) is 5.77. The highest BCUT2D eigenvalue weighted by Gasteiger charge is 2.09. The molecular formula is C13H20N4S2. The smallest absolute Gasteiger partial charge is 0.223 e. The Hall–Kier alpha value is -1.01. The van der Waals surface area contributed by atoms with Crippen LogP contribution in [0.15, 0.2) is 6.07 Å². The fourth-order valence-electron chi connectivity index (χ4n) is 1.88. The minimum absolute atomic E-state index is 0.351. The van der Waals surface area contributed by atoms with Gasteiger partial charge in [0.15, 0.2) is 0 Å². The van der Waals surface area contributed by atoms with Crippen LogP contribution in [-0.4, -0.2) is 28.5 Å². The number of nitrogens with one attached hydrogen (secondary N) is 1. The second-order valence-electron chi connectivity index (χ2n) is 4.34. The van der Waals surface area contributed by atoms with Crippen molar-refractivity contribution in [2.45, 2.75) is 26.2 Å². The van der Waals surface area contributed by atoms with Gasteiger partial charge in [0.05, 0.1) is 5.39 Å². The average molecular weight is 296 g/mol. The molecule has 0 amide bonds. The van der Waals surface area contributed by atoms with E-state index in [-0.39, 0.29) is 0 Å². The van der Waals surface area contributed by atoms with Gasteiger partial charge in [0.2, 0.25) is 5.95 Å². The number of unbranched alkanes of at least 4 members (excludes halogenated alkanes) is 1. The first-order valence-corrected chi connectivity index (χ1v) is 8.74. The van der Waals surface area contributed by atoms with Gasteiger partial charge in [-0.05, 0) is 37.3 Å². The number of nitrogen functional groups attached to an aromatic ring is 1. The van der Waals surface area contributed by atoms with Crippen LogP contribution in [-0.2, 0) is 6.42 Å². The van der Waals surface area contributed by atoms with Gasteiger partial charge in [-0.1, -0.05) is 6.92 Å². The van der Waals surface area contributed by atoms with Gasteiger partial charge in [-0.2, -0.15) is 16.7 Å². The van der Waals surface area contributed by atoms with Crippen LogP contribution in [0.25, 0.3) is 10.2 Å². The molecule has 3 N–H and O–H groups in total. The van der Waals surface area contributed by atoms with Gasteiger partial charge >= 0.3 is 0 Å². The number of aryl methyl sites for hydroxylation is 1. The van der Waals surface area contributed by atoms with E-state index in [2.05, 4.69) is 34.5 Å². The first kappa shape index (κ1) is 14.4. The van der Waals surface area contributed by atoms with Gasteiger partial charge in [0, 0.05) is 11.4 Å². The molecule has 2 rings (SSSR count). The summed E-state index contributed by atoms with van der Waals surface area (Å²) >= 11 is 3.59. The molecule has 0 fully saturated rings. The summed E-state index contributed by atoms with van der Waals surface area (Å²) in [7, 11) is 0. The van der Waals surface area contributed by atoms with E-state index >= 15 is 0 Å². The lowest BCUT2D eigenvalue weighted by Gasteiger charge is -2.06. The van der Waals surface area contributed by atoms with E-state index in [0.29, 0.717) is 5.95 Å². The molecule has 19 heavy (non-hydrogen) atoms. The van der Waals surface area contributed by atoms with Crippen molar-refractivity contribution >= 4 is 45.1 Å². The van der Waals surface area contributed by atoms with E-state index in [1.54, 1.807) is 11.3 Å². The van der Waals surface area contributed by atoms with Gasteiger partial charge in [0.1, 0.15) is 10.6 Å². The predicted molar refractivity (Wildman–Crippen MR) is 87.3 cm³/mol. The highest BCUT2D eigenvalue weighted by molar-refractivity contribution is 7.98. The SMILES string of the molecule is CCc1cc2c(NCCCCSC)nc(N)nc2s1. The van der Waals surface area contributed by atoms with Crippen molar-refractivity contribution in [3.05, 3.63) is 10.9 Å². The molecule has 0 aliphatic rings. The van der Waals surface area contributed by atoms with Gasteiger partial charge < -0.3 is 11.1 Å². The summed E-state index contributed by atoms with van der Waals surface area (Å²) in [5.74, 6) is 2.44. The number of nitrogens with two attached hydrogens (primary N) is 1. The lowest BCUT2D eigenvalue weighted by atomic mass is 10.3. The Kier molecular flexibility index (Phi) is 5.27. The Morgan fingerprint density at radius 3 is 2.95 bits per heavy atom. The fourth-order valence-corrected chi connectivity index (χ4v) is 3.34. The molecular weight excluding hydrogens is 276 g/mol. The normalized spacial score (nSPS) is 11.1. The maximum absolute atomic E-state index is 5.77. The van der Waals surface area contributed by atoms with Crippen LogP contribution in [0.2, 0.25) is 0 Å². The topological polar surface area (TPSA) is 63.8 Å². The molecule has 0 radical (unpaired) electrons. The van der Waals surface area contributed by atoms with Crippen LogP contribution in [0.1, 0.15) is 24.6 Å². The van der Waals surface area contributed by atoms with Crippen LogP contribution < -0.4 is 11.1 Å². The third-order valence-corrected chi connectivity index (χ3v) is 4.75. The molecule has 4 nitrogen and oxygen atoms in total. The van der Waals surface area contributed by atoms with Crippen molar-refractivity contribution in [3.63, 3.8) is 0 Å². The summed E-state index contributed by atoms with van der Waals surface area (Å²) in [6.07, 6.45) is 5.53. The molecule has 0 aliphatic heterocycles. The maximum atomic E-state index is 5.77. The first-order chi connectivity index (χ1) is 9.24. The third kappa shape index (κ3) is 3.73. The highest BCUT2D eigenvalue weighted by Crippen LogP contribution is 2.29. The maximum Gasteiger partial charge on any atom is 0.223 e. The number of rotatable bonds is 7. The largest absolute Gasteiger partial charge is 0.369 e. The van der Waals surface area contributed by atoms with Crippen molar-refractivity contribution in [2.75, 3.05) is 29.6 Å². The van der Waals surface area contributed by atoms with Gasteiger partial charge in [-0.3, -0.25) is 0 Å². The molecule has 0 atom stereocenters. The third-order valence-electron chi connectivity index (χ3n) is 2.88. The molecule has 0 aromatic carbocycles. The number of fused-ring (bicyclic) bond motifs is 1. The molecule has 0 saturated heterocycles. The number of nitrogens with zero attached hydrogens (tertiary/aromatic N) is 2. The van der Waals surface area contributed by atoms with Gasteiger partial charge in [-0.15, -0.1) is 11.3 Å². The van der Waals surface area contributed by atoms with E-state index in [1.165, 1.54) is 17.1 Å². The molecule has 6 heteroatoms. The lowest BCUT2D eigenvalue weighted by molar-refractivity contribution is 0.841. The zero-order chi connectivity index (χ0) is 13.7. The Morgan fingerprint density at radius 2 is 2.21 bits per heavy atom. The number of anilines is 2. The van der Waals surface area contributed by atoms with Crippen LogP contribution in [0.3, 0.4) is 0 Å². The molecule has 2 heterocycles. The zero-order valence-electron chi connectivity index (χ0n) is 11.4. The van der Waals surface area contributed by atoms with Crippen LogP contribution >= 0.6 is 23.1 Å². The molecule has 0 aliphatic carbocycles. The van der Waals surface area contributed by atoms with Crippen molar-refractivity contribution in [3.8, 4) is 0 Å². The first-order valence-electron chi connectivity index (χ1n) is 6.53. The second kappa shape index (κ2) is 6.96. The number of hydrogen-bond acceptors (Lipinski definition) is 6. The van der Waals surface area contributed by atoms with Gasteiger partial charge in [0.25, 0.3) is 0 Å². The van der Waals surface area contributed by atoms with E-state index in [4.69, 9.17) is 5.73 Å². The predicted octanol–water partition coefficient (Wildman–Crippen LogP) is 3.39. The van der Waals surface area contributed by atoms with Crippen LogP contribution in [0, 0.1) is 0 Å². The molecule has 0 saturated carbocycles. The van der Waals surface area contributed by atoms with Gasteiger partial charge in [-0.25, -0.2) is 4.98 Å². The molecule has 104 valence electrons. The molecule has 0 unspecified atom stereocenters. The molecule has 0 spiro atoms. The Bertz CT molecular complexity index is 539. The summed E-state index contributed by atoms with van der Waals surface area (Å²) in [5, 5.41) is 4.49. The fraction of sp³-hybridized carbons (Fsp3) is 0.538. The number of thiophene rings is 1. The minimum Gasteiger partial charge on any atom is -0.369 e. The molecule has 0 bridgehead atoms. The summed E-state index contributed by atoms with van der Waals surface area (Å²) in [4.78, 5) is 10.9. The van der Waals surface area contributed by atoms with Crippen LogP contribution in [0.5, 0.6) is 0 Å². The van der Waals surface area contributed by atoms with Crippen molar-refractivity contribution in [1.29, 1.82) is 0 Å². The standard InChI is InChI=1S/C13H20N4S2/c1-3-9-8-10-11(15-6-4-5-7-18-2)16-13(14)17-12(10)19-9/h8H,3-7H2,1-2H3,(H3,14,15,16,17). The Balaban J connectivity index is 2.10. The second-order valence-corrected chi connectivity index (χ2v) is 6.44. The van der Waals surface area contributed by atoms with E-state index in [9.17, 15) is 0 Å². The Labute approximate surface area is 122 Å². The quantitative estimate of drug-likeness (QED) is 0.767. The summed E-state index contributed by atoms with van der Waals surface area (Å²) in [6.45, 7) is 3.08. The number of thioether (sulfide) groups is 1. The number of hydrogen-bond donors (Lipinski definition) is 2. The Morgan fingerprint density at radius 1 is 1.37 bits per heavy atom. The van der Waals surface area contributed by atoms with E-state index in [0.717, 1.165) is 35.4 Å². The summed E-state index contributed by atoms with van der Waals surface area (Å²) < 4.78 is 0. The zero-order valence-corrected chi connectivity index (χ0v) is 13.0. The van der Waals surface area contributed by atoms with Crippen molar-refractivity contribution in [2.24, 2.45) is 0 Å². The molecule has 2 aromatic heterocycles. The van der Waals surface area contributed by atoms with Crippen LogP contribution in [0.4, 0.5) is 11.8 Å².